The third-order valence-corrected chi connectivity index (χ3v) is 4.47. The van der Waals surface area contributed by atoms with Gasteiger partial charge < -0.3 is 14.6 Å². The molecular weight excluding hydrogens is 330 g/mol. The Morgan fingerprint density at radius 1 is 1.16 bits per heavy atom. The molecule has 0 aliphatic carbocycles. The van der Waals surface area contributed by atoms with Gasteiger partial charge in [0.2, 0.25) is 0 Å². The number of benzene rings is 1. The van der Waals surface area contributed by atoms with Crippen LogP contribution in [-0.2, 0) is 6.54 Å². The molecule has 0 aliphatic rings. The molecule has 0 fully saturated rings. The van der Waals surface area contributed by atoms with Crippen molar-refractivity contribution in [1.82, 2.24) is 9.88 Å². The van der Waals surface area contributed by atoms with Crippen LogP contribution in [0.25, 0.3) is 0 Å². The van der Waals surface area contributed by atoms with E-state index in [-0.39, 0.29) is 6.04 Å². The highest BCUT2D eigenvalue weighted by molar-refractivity contribution is 7.80. The van der Waals surface area contributed by atoms with Gasteiger partial charge in [-0.15, -0.1) is 0 Å². The zero-order chi connectivity index (χ0) is 17.6. The summed E-state index contributed by atoms with van der Waals surface area (Å²) in [5.74, 6) is 0.858. The minimum Gasteiger partial charge on any atom is -0.467 e. The molecule has 5 heteroatoms. The summed E-state index contributed by atoms with van der Waals surface area (Å²) in [7, 11) is 0. The first-order valence-electron chi connectivity index (χ1n) is 8.21. The highest BCUT2D eigenvalue weighted by atomic mass is 32.1. The van der Waals surface area contributed by atoms with E-state index >= 15 is 0 Å². The normalized spacial score (nSPS) is 11.8. The van der Waals surface area contributed by atoms with Crippen molar-refractivity contribution in [1.29, 1.82) is 0 Å². The smallest absolute Gasteiger partial charge is 0.174 e. The lowest BCUT2D eigenvalue weighted by Gasteiger charge is -2.31. The molecule has 3 aromatic rings. The van der Waals surface area contributed by atoms with Crippen molar-refractivity contribution in [2.75, 3.05) is 5.32 Å². The Hall–Kier alpha value is -2.66. The maximum atomic E-state index is 5.71. The largest absolute Gasteiger partial charge is 0.467 e. The molecule has 128 valence electrons. The first kappa shape index (κ1) is 17.2. The zero-order valence-corrected chi connectivity index (χ0v) is 15.2. The Kier molecular flexibility index (Phi) is 5.46. The van der Waals surface area contributed by atoms with E-state index in [4.69, 9.17) is 16.6 Å². The van der Waals surface area contributed by atoms with E-state index in [0.29, 0.717) is 11.7 Å². The van der Waals surface area contributed by atoms with Crippen LogP contribution in [0.4, 0.5) is 5.69 Å². The van der Waals surface area contributed by atoms with Crippen molar-refractivity contribution in [2.24, 2.45) is 0 Å². The molecule has 0 spiro atoms. The number of rotatable bonds is 5. The number of anilines is 1. The van der Waals surface area contributed by atoms with Crippen LogP contribution >= 0.6 is 12.2 Å². The van der Waals surface area contributed by atoms with Crippen molar-refractivity contribution in [3.63, 3.8) is 0 Å². The molecule has 0 bridgehead atoms. The minimum atomic E-state index is 0.00955. The van der Waals surface area contributed by atoms with E-state index in [2.05, 4.69) is 35.1 Å². The second-order valence-corrected chi connectivity index (χ2v) is 6.27. The average molecular weight is 351 g/mol. The Balaban J connectivity index is 1.85. The van der Waals surface area contributed by atoms with Gasteiger partial charge in [0.15, 0.2) is 5.11 Å². The van der Waals surface area contributed by atoms with Crippen LogP contribution in [0.3, 0.4) is 0 Å². The fourth-order valence-electron chi connectivity index (χ4n) is 2.64. The van der Waals surface area contributed by atoms with Crippen molar-refractivity contribution < 1.29 is 4.42 Å². The summed E-state index contributed by atoms with van der Waals surface area (Å²) in [5, 5.41) is 4.00. The molecule has 0 aliphatic heterocycles. The van der Waals surface area contributed by atoms with Crippen LogP contribution in [0.15, 0.2) is 71.5 Å². The van der Waals surface area contributed by atoms with Gasteiger partial charge in [0, 0.05) is 11.9 Å². The maximum Gasteiger partial charge on any atom is 0.174 e. The number of aromatic nitrogens is 1. The number of furan rings is 1. The molecule has 0 saturated carbocycles. The van der Waals surface area contributed by atoms with Gasteiger partial charge in [-0.1, -0.05) is 24.3 Å². The summed E-state index contributed by atoms with van der Waals surface area (Å²) in [5.41, 5.74) is 3.11. The Morgan fingerprint density at radius 2 is 1.96 bits per heavy atom. The molecule has 2 aromatic heterocycles. The first-order valence-corrected chi connectivity index (χ1v) is 8.62. The van der Waals surface area contributed by atoms with Gasteiger partial charge >= 0.3 is 0 Å². The lowest BCUT2D eigenvalue weighted by Crippen LogP contribution is -2.36. The summed E-state index contributed by atoms with van der Waals surface area (Å²) < 4.78 is 5.52. The van der Waals surface area contributed by atoms with Crippen LogP contribution in [0.1, 0.15) is 30.0 Å². The van der Waals surface area contributed by atoms with Crippen molar-refractivity contribution in [3.8, 4) is 0 Å². The molecule has 1 N–H and O–H groups in total. The number of nitrogens with one attached hydrogen (secondary N) is 1. The maximum absolute atomic E-state index is 5.71. The third kappa shape index (κ3) is 4.25. The van der Waals surface area contributed by atoms with Gasteiger partial charge in [0.1, 0.15) is 5.76 Å². The fourth-order valence-corrected chi connectivity index (χ4v) is 2.97. The average Bonchev–Trinajstić information content (AvgIpc) is 3.15. The molecule has 0 saturated heterocycles. The highest BCUT2D eigenvalue weighted by Crippen LogP contribution is 2.23. The summed E-state index contributed by atoms with van der Waals surface area (Å²) in [6.45, 7) is 4.73. The Morgan fingerprint density at radius 3 is 2.64 bits per heavy atom. The van der Waals surface area contributed by atoms with Crippen LogP contribution in [0.5, 0.6) is 0 Å². The zero-order valence-electron chi connectivity index (χ0n) is 14.3. The lowest BCUT2D eigenvalue weighted by molar-refractivity contribution is 0.299. The number of pyridine rings is 1. The van der Waals surface area contributed by atoms with E-state index < -0.39 is 0 Å². The second kappa shape index (κ2) is 7.94. The molecule has 2 heterocycles. The monoisotopic (exact) mass is 351 g/mol. The third-order valence-electron chi connectivity index (χ3n) is 4.14. The molecule has 0 radical (unpaired) electrons. The van der Waals surface area contributed by atoms with Crippen LogP contribution in [0.2, 0.25) is 0 Å². The number of nitrogens with zero attached hydrogens (tertiary/aromatic N) is 2. The highest BCUT2D eigenvalue weighted by Gasteiger charge is 2.21. The van der Waals surface area contributed by atoms with Crippen LogP contribution < -0.4 is 5.32 Å². The SMILES string of the molecule is Cc1ccccc1NC(=S)N(Cc1ccco1)[C@@H](C)c1ccccn1. The fraction of sp³-hybridized carbons (Fsp3) is 0.200. The molecule has 1 atom stereocenters. The van der Waals surface area contributed by atoms with E-state index in [9.17, 15) is 0 Å². The summed E-state index contributed by atoms with van der Waals surface area (Å²) in [4.78, 5) is 6.56. The molecule has 1 aromatic carbocycles. The van der Waals surface area contributed by atoms with Crippen molar-refractivity contribution in [3.05, 3.63) is 84.1 Å². The predicted molar refractivity (Wildman–Crippen MR) is 104 cm³/mol. The first-order chi connectivity index (χ1) is 12.1. The van der Waals surface area contributed by atoms with Crippen molar-refractivity contribution >= 4 is 23.0 Å². The number of hydrogen-bond acceptors (Lipinski definition) is 3. The van der Waals surface area contributed by atoms with Gasteiger partial charge in [-0.3, -0.25) is 4.98 Å². The van der Waals surface area contributed by atoms with Gasteiger partial charge in [-0.2, -0.15) is 0 Å². The second-order valence-electron chi connectivity index (χ2n) is 5.88. The molecule has 4 nitrogen and oxygen atoms in total. The van der Waals surface area contributed by atoms with Gasteiger partial charge in [-0.05, 0) is 62.0 Å². The van der Waals surface area contributed by atoms with Gasteiger partial charge in [0.05, 0.1) is 24.5 Å². The van der Waals surface area contributed by atoms with E-state index in [1.165, 1.54) is 0 Å². The summed E-state index contributed by atoms with van der Waals surface area (Å²) >= 11 is 5.71. The Labute approximate surface area is 153 Å². The topological polar surface area (TPSA) is 41.3 Å². The Bertz CT molecular complexity index is 818. The lowest BCUT2D eigenvalue weighted by atomic mass is 10.1. The molecule has 0 amide bonds. The van der Waals surface area contributed by atoms with Crippen LogP contribution in [-0.4, -0.2) is 15.0 Å². The number of hydrogen-bond donors (Lipinski definition) is 1. The molecular formula is C20H21N3OS. The molecule has 3 rings (SSSR count). The number of para-hydroxylation sites is 1. The van der Waals surface area contributed by atoms with Crippen LogP contribution in [0, 0.1) is 6.92 Å². The van der Waals surface area contributed by atoms with Crippen molar-refractivity contribution in [2.45, 2.75) is 26.4 Å². The summed E-state index contributed by atoms with van der Waals surface area (Å²) in [6.07, 6.45) is 3.48. The number of thiocarbonyl (C=S) groups is 1. The summed E-state index contributed by atoms with van der Waals surface area (Å²) in [6, 6.07) is 17.9. The van der Waals surface area contributed by atoms with E-state index in [0.717, 1.165) is 22.7 Å². The molecule has 25 heavy (non-hydrogen) atoms. The van der Waals surface area contributed by atoms with Gasteiger partial charge in [-0.25, -0.2) is 0 Å². The standard InChI is InChI=1S/C20H21N3OS/c1-15-8-3-4-10-18(15)22-20(25)23(14-17-9-7-13-24-17)16(2)19-11-5-6-12-21-19/h3-13,16H,14H2,1-2H3,(H,22,25)/t16-/m0/s1. The van der Waals surface area contributed by atoms with Gasteiger partial charge in [0.25, 0.3) is 0 Å². The quantitative estimate of drug-likeness (QED) is 0.659. The van der Waals surface area contributed by atoms with E-state index in [1.807, 2.05) is 48.5 Å². The minimum absolute atomic E-state index is 0.00955. The molecule has 0 unspecified atom stereocenters. The number of aryl methyl sites for hydroxylation is 1. The predicted octanol–water partition coefficient (Wildman–Crippen LogP) is 4.94. The van der Waals surface area contributed by atoms with E-state index in [1.54, 1.807) is 12.5 Å².